The van der Waals surface area contributed by atoms with Crippen LogP contribution in [0.5, 0.6) is 11.5 Å². The Balaban J connectivity index is 2.28. The summed E-state index contributed by atoms with van der Waals surface area (Å²) in [5, 5.41) is 0.112. The van der Waals surface area contributed by atoms with Crippen molar-refractivity contribution in [3.8, 4) is 11.5 Å². The van der Waals surface area contributed by atoms with Crippen molar-refractivity contribution in [2.75, 3.05) is 14.2 Å². The van der Waals surface area contributed by atoms with Crippen LogP contribution in [0.2, 0.25) is 5.02 Å². The molecule has 3 nitrogen and oxygen atoms in total. The van der Waals surface area contributed by atoms with Gasteiger partial charge < -0.3 is 15.2 Å². The van der Waals surface area contributed by atoms with Crippen molar-refractivity contribution in [3.63, 3.8) is 0 Å². The van der Waals surface area contributed by atoms with Gasteiger partial charge in [-0.15, -0.1) is 0 Å². The first-order chi connectivity index (χ1) is 10.1. The molecule has 0 amide bonds. The molecule has 0 aromatic heterocycles. The Morgan fingerprint density at radius 3 is 2.62 bits per heavy atom. The molecule has 5 heteroatoms. The summed E-state index contributed by atoms with van der Waals surface area (Å²) in [6.45, 7) is 0. The Bertz CT molecular complexity index is 634. The van der Waals surface area contributed by atoms with E-state index in [1.165, 1.54) is 6.07 Å². The molecule has 1 unspecified atom stereocenters. The van der Waals surface area contributed by atoms with E-state index in [0.29, 0.717) is 23.5 Å². The highest BCUT2D eigenvalue weighted by atomic mass is 35.5. The predicted molar refractivity (Wildman–Crippen MR) is 81.6 cm³/mol. The third-order valence-corrected chi connectivity index (χ3v) is 3.73. The standard InChI is InChI=1S/C16H17ClFNO2/c1-20-11-6-7-12(15(9-11)21-2)14(19)8-10-4-3-5-13(18)16(10)17/h3-7,9,14H,8,19H2,1-2H3. The van der Waals surface area contributed by atoms with Crippen LogP contribution in [0.25, 0.3) is 0 Å². The lowest BCUT2D eigenvalue weighted by Crippen LogP contribution is -2.15. The molecule has 0 radical (unpaired) electrons. The Morgan fingerprint density at radius 1 is 1.19 bits per heavy atom. The summed E-state index contributed by atoms with van der Waals surface area (Å²) in [6.07, 6.45) is 0.416. The average Bonchev–Trinajstić information content (AvgIpc) is 2.51. The highest BCUT2D eigenvalue weighted by Gasteiger charge is 2.16. The fraction of sp³-hybridized carbons (Fsp3) is 0.250. The van der Waals surface area contributed by atoms with Crippen molar-refractivity contribution in [2.24, 2.45) is 5.73 Å². The van der Waals surface area contributed by atoms with E-state index in [9.17, 15) is 4.39 Å². The second-order valence-corrected chi connectivity index (χ2v) is 5.01. The van der Waals surface area contributed by atoms with Gasteiger partial charge in [0.2, 0.25) is 0 Å². The average molecular weight is 310 g/mol. The molecule has 0 aliphatic carbocycles. The fourth-order valence-corrected chi connectivity index (χ4v) is 2.38. The van der Waals surface area contributed by atoms with Gasteiger partial charge in [0.25, 0.3) is 0 Å². The van der Waals surface area contributed by atoms with Crippen LogP contribution in [0, 0.1) is 5.82 Å². The molecule has 2 rings (SSSR count). The van der Waals surface area contributed by atoms with Gasteiger partial charge in [-0.1, -0.05) is 29.8 Å². The molecule has 0 saturated heterocycles. The van der Waals surface area contributed by atoms with Crippen LogP contribution in [0.3, 0.4) is 0 Å². The summed E-state index contributed by atoms with van der Waals surface area (Å²) in [5.41, 5.74) is 7.70. The lowest BCUT2D eigenvalue weighted by Gasteiger charge is -2.17. The molecule has 1 atom stereocenters. The first-order valence-corrected chi connectivity index (χ1v) is 6.85. The van der Waals surface area contributed by atoms with Crippen LogP contribution in [0.1, 0.15) is 17.2 Å². The first kappa shape index (κ1) is 15.6. The van der Waals surface area contributed by atoms with Gasteiger partial charge in [0.1, 0.15) is 17.3 Å². The van der Waals surface area contributed by atoms with Crippen molar-refractivity contribution in [2.45, 2.75) is 12.5 Å². The van der Waals surface area contributed by atoms with Crippen molar-refractivity contribution >= 4 is 11.6 Å². The number of nitrogens with two attached hydrogens (primary N) is 1. The van der Waals surface area contributed by atoms with Gasteiger partial charge in [-0.2, -0.15) is 0 Å². The largest absolute Gasteiger partial charge is 0.497 e. The number of methoxy groups -OCH3 is 2. The molecule has 2 aromatic carbocycles. The van der Waals surface area contributed by atoms with Crippen LogP contribution in [0.15, 0.2) is 36.4 Å². The molecular weight excluding hydrogens is 293 g/mol. The van der Waals surface area contributed by atoms with Gasteiger partial charge in [-0.05, 0) is 24.1 Å². The Labute approximate surface area is 128 Å². The molecule has 112 valence electrons. The summed E-state index contributed by atoms with van der Waals surface area (Å²) in [5.74, 6) is 0.879. The monoisotopic (exact) mass is 309 g/mol. The first-order valence-electron chi connectivity index (χ1n) is 6.47. The number of halogens is 2. The third-order valence-electron chi connectivity index (χ3n) is 3.31. The van der Waals surface area contributed by atoms with Crippen LogP contribution >= 0.6 is 11.6 Å². The molecule has 0 bridgehead atoms. The predicted octanol–water partition coefficient (Wildman–Crippen LogP) is 3.74. The Kier molecular flexibility index (Phi) is 5.04. The molecule has 0 heterocycles. The minimum atomic E-state index is -0.442. The summed E-state index contributed by atoms with van der Waals surface area (Å²) in [4.78, 5) is 0. The number of hydrogen-bond donors (Lipinski definition) is 1. The molecule has 0 aliphatic heterocycles. The lowest BCUT2D eigenvalue weighted by atomic mass is 9.98. The van der Waals surface area contributed by atoms with Crippen molar-refractivity contribution in [1.29, 1.82) is 0 Å². The number of benzene rings is 2. The maximum Gasteiger partial charge on any atom is 0.142 e. The second kappa shape index (κ2) is 6.78. The molecule has 0 fully saturated rings. The minimum absolute atomic E-state index is 0.112. The van der Waals surface area contributed by atoms with E-state index in [-0.39, 0.29) is 11.1 Å². The smallest absolute Gasteiger partial charge is 0.142 e. The molecular formula is C16H17ClFNO2. The van der Waals surface area contributed by atoms with Gasteiger partial charge in [-0.3, -0.25) is 0 Å². The summed E-state index contributed by atoms with van der Waals surface area (Å²) < 4.78 is 23.9. The molecule has 0 saturated carbocycles. The zero-order valence-corrected chi connectivity index (χ0v) is 12.7. The minimum Gasteiger partial charge on any atom is -0.497 e. The van der Waals surface area contributed by atoms with Crippen LogP contribution in [-0.2, 0) is 6.42 Å². The van der Waals surface area contributed by atoms with E-state index in [1.807, 2.05) is 12.1 Å². The Morgan fingerprint density at radius 2 is 1.95 bits per heavy atom. The highest BCUT2D eigenvalue weighted by molar-refractivity contribution is 6.31. The van der Waals surface area contributed by atoms with Crippen LogP contribution in [-0.4, -0.2) is 14.2 Å². The van der Waals surface area contributed by atoms with Gasteiger partial charge in [0.15, 0.2) is 0 Å². The van der Waals surface area contributed by atoms with Gasteiger partial charge in [0, 0.05) is 17.7 Å². The number of rotatable bonds is 5. The van der Waals surface area contributed by atoms with Crippen LogP contribution in [0.4, 0.5) is 4.39 Å². The van der Waals surface area contributed by atoms with E-state index in [2.05, 4.69) is 0 Å². The third kappa shape index (κ3) is 3.46. The quantitative estimate of drug-likeness (QED) is 0.915. The van der Waals surface area contributed by atoms with Crippen LogP contribution < -0.4 is 15.2 Å². The molecule has 2 N–H and O–H groups in total. The SMILES string of the molecule is COc1ccc(C(N)Cc2cccc(F)c2Cl)c(OC)c1. The maximum absolute atomic E-state index is 13.5. The lowest BCUT2D eigenvalue weighted by molar-refractivity contribution is 0.388. The van der Waals surface area contributed by atoms with E-state index < -0.39 is 5.82 Å². The van der Waals surface area contributed by atoms with E-state index in [4.69, 9.17) is 26.8 Å². The molecule has 0 spiro atoms. The summed E-state index contributed by atoms with van der Waals surface area (Å²) in [7, 11) is 3.15. The molecule has 2 aromatic rings. The molecule has 21 heavy (non-hydrogen) atoms. The van der Waals surface area contributed by atoms with Crippen molar-refractivity contribution in [3.05, 3.63) is 58.4 Å². The molecule has 0 aliphatic rings. The van der Waals surface area contributed by atoms with Gasteiger partial charge >= 0.3 is 0 Å². The fourth-order valence-electron chi connectivity index (χ4n) is 2.18. The van der Waals surface area contributed by atoms with Crippen molar-refractivity contribution < 1.29 is 13.9 Å². The summed E-state index contributed by atoms with van der Waals surface area (Å²) >= 11 is 5.96. The Hall–Kier alpha value is -1.78. The van der Waals surface area contributed by atoms with Gasteiger partial charge in [0.05, 0.1) is 19.2 Å². The van der Waals surface area contributed by atoms with E-state index in [1.54, 1.807) is 32.4 Å². The zero-order chi connectivity index (χ0) is 15.4. The zero-order valence-electron chi connectivity index (χ0n) is 11.9. The topological polar surface area (TPSA) is 44.5 Å². The maximum atomic E-state index is 13.5. The van der Waals surface area contributed by atoms with E-state index >= 15 is 0 Å². The highest BCUT2D eigenvalue weighted by Crippen LogP contribution is 2.31. The second-order valence-electron chi connectivity index (χ2n) is 4.63. The van der Waals surface area contributed by atoms with Crippen molar-refractivity contribution in [1.82, 2.24) is 0 Å². The van der Waals surface area contributed by atoms with E-state index in [0.717, 1.165) is 5.56 Å². The number of ether oxygens (including phenoxy) is 2. The normalized spacial score (nSPS) is 12.0. The summed E-state index contributed by atoms with van der Waals surface area (Å²) in [6, 6.07) is 9.77. The van der Waals surface area contributed by atoms with Gasteiger partial charge in [-0.25, -0.2) is 4.39 Å². The number of hydrogen-bond acceptors (Lipinski definition) is 3.